The summed E-state index contributed by atoms with van der Waals surface area (Å²) in [5, 5.41) is 6.30. The van der Waals surface area contributed by atoms with E-state index in [-0.39, 0.29) is 5.91 Å². The van der Waals surface area contributed by atoms with E-state index in [1.807, 2.05) is 36.5 Å². The van der Waals surface area contributed by atoms with E-state index in [2.05, 4.69) is 26.9 Å². The minimum Gasteiger partial charge on any atom is -0.474 e. The third-order valence-corrected chi connectivity index (χ3v) is 5.50. The number of benzene rings is 1. The number of hydrogen-bond donors (Lipinski definition) is 2. The molecule has 2 aliphatic heterocycles. The van der Waals surface area contributed by atoms with Crippen LogP contribution in [-0.2, 0) is 4.79 Å². The first-order chi connectivity index (χ1) is 13.2. The minimum atomic E-state index is -0.0918. The topological polar surface area (TPSA) is 76.1 Å². The summed E-state index contributed by atoms with van der Waals surface area (Å²) in [6, 6.07) is 7.89. The predicted molar refractivity (Wildman–Crippen MR) is 107 cm³/mol. The van der Waals surface area contributed by atoms with Crippen LogP contribution in [0.15, 0.2) is 36.7 Å². The van der Waals surface area contributed by atoms with Gasteiger partial charge in [-0.25, -0.2) is 9.36 Å². The van der Waals surface area contributed by atoms with E-state index in [1.54, 1.807) is 6.20 Å². The number of rotatable bonds is 2. The summed E-state index contributed by atoms with van der Waals surface area (Å²) in [5.41, 5.74) is 6.43. The first-order valence-electron chi connectivity index (χ1n) is 8.65. The van der Waals surface area contributed by atoms with E-state index in [9.17, 15) is 4.79 Å². The highest BCUT2D eigenvalue weighted by molar-refractivity contribution is 7.06. The molecule has 4 heterocycles. The van der Waals surface area contributed by atoms with Crippen LogP contribution < -0.4 is 15.4 Å². The van der Waals surface area contributed by atoms with Crippen LogP contribution in [0, 0.1) is 6.92 Å². The number of anilines is 2. The van der Waals surface area contributed by atoms with Crippen LogP contribution in [0.5, 0.6) is 5.88 Å². The normalized spacial score (nSPS) is 16.3. The van der Waals surface area contributed by atoms with Crippen molar-refractivity contribution in [2.45, 2.75) is 6.92 Å². The van der Waals surface area contributed by atoms with Gasteiger partial charge >= 0.3 is 0 Å². The molecular formula is C20H16N4O2S. The SMILES string of the molecule is Cc1c(-c2ccc3c(c2)C(=Cc2ccns2)C(=O)N3)cnc2c1NCCO2. The van der Waals surface area contributed by atoms with Crippen LogP contribution >= 0.6 is 11.5 Å². The van der Waals surface area contributed by atoms with Gasteiger partial charge in [-0.3, -0.25) is 4.79 Å². The average molecular weight is 376 g/mol. The largest absolute Gasteiger partial charge is 0.474 e. The maximum atomic E-state index is 12.4. The molecule has 0 radical (unpaired) electrons. The second-order valence-electron chi connectivity index (χ2n) is 6.44. The van der Waals surface area contributed by atoms with Crippen LogP contribution in [0.2, 0.25) is 0 Å². The van der Waals surface area contributed by atoms with Gasteiger partial charge in [0.05, 0.1) is 5.57 Å². The van der Waals surface area contributed by atoms with E-state index in [1.165, 1.54) is 11.5 Å². The van der Waals surface area contributed by atoms with Crippen LogP contribution in [0.3, 0.4) is 0 Å². The molecule has 0 atom stereocenters. The van der Waals surface area contributed by atoms with Crippen molar-refractivity contribution in [2.75, 3.05) is 23.8 Å². The van der Waals surface area contributed by atoms with Gasteiger partial charge < -0.3 is 15.4 Å². The van der Waals surface area contributed by atoms with Gasteiger partial charge in [-0.15, -0.1) is 0 Å². The number of carbonyl (C=O) groups is 1. The van der Waals surface area contributed by atoms with E-state index in [0.717, 1.165) is 45.1 Å². The van der Waals surface area contributed by atoms with Gasteiger partial charge in [0.25, 0.3) is 5.91 Å². The van der Waals surface area contributed by atoms with Crippen molar-refractivity contribution in [1.82, 2.24) is 9.36 Å². The number of aromatic nitrogens is 2. The summed E-state index contributed by atoms with van der Waals surface area (Å²) in [6.07, 6.45) is 5.45. The number of carbonyl (C=O) groups excluding carboxylic acids is 1. The van der Waals surface area contributed by atoms with Crippen LogP contribution in [0.1, 0.15) is 16.0 Å². The minimum absolute atomic E-state index is 0.0918. The number of amides is 1. The lowest BCUT2D eigenvalue weighted by Gasteiger charge is -2.21. The Morgan fingerprint density at radius 3 is 3.04 bits per heavy atom. The first-order valence-corrected chi connectivity index (χ1v) is 9.43. The zero-order valence-electron chi connectivity index (χ0n) is 14.6. The quantitative estimate of drug-likeness (QED) is 0.665. The van der Waals surface area contributed by atoms with Crippen LogP contribution in [0.4, 0.5) is 11.4 Å². The van der Waals surface area contributed by atoms with Gasteiger partial charge in [0.15, 0.2) is 0 Å². The van der Waals surface area contributed by atoms with Gasteiger partial charge in [-0.05, 0) is 53.9 Å². The monoisotopic (exact) mass is 376 g/mol. The molecule has 6 nitrogen and oxygen atoms in total. The molecule has 2 aliphatic rings. The van der Waals surface area contributed by atoms with Crippen molar-refractivity contribution in [3.63, 3.8) is 0 Å². The molecule has 0 saturated heterocycles. The van der Waals surface area contributed by atoms with Crippen molar-refractivity contribution in [3.05, 3.63) is 52.7 Å². The smallest absolute Gasteiger partial charge is 0.256 e. The molecule has 0 saturated carbocycles. The zero-order valence-corrected chi connectivity index (χ0v) is 15.4. The fourth-order valence-corrected chi connectivity index (χ4v) is 3.99. The van der Waals surface area contributed by atoms with Crippen molar-refractivity contribution >= 4 is 40.5 Å². The fourth-order valence-electron chi connectivity index (χ4n) is 3.45. The van der Waals surface area contributed by atoms with Gasteiger partial charge in [0.1, 0.15) is 12.3 Å². The van der Waals surface area contributed by atoms with Gasteiger partial charge in [0, 0.05) is 40.6 Å². The number of nitrogens with one attached hydrogen (secondary N) is 2. The molecule has 0 aliphatic carbocycles. The lowest BCUT2D eigenvalue weighted by molar-refractivity contribution is -0.110. The Morgan fingerprint density at radius 2 is 2.19 bits per heavy atom. The molecule has 2 aromatic heterocycles. The molecule has 5 rings (SSSR count). The predicted octanol–water partition coefficient (Wildman–Crippen LogP) is 3.81. The molecule has 0 unspecified atom stereocenters. The van der Waals surface area contributed by atoms with E-state index in [4.69, 9.17) is 4.74 Å². The molecule has 134 valence electrons. The molecule has 3 aromatic rings. The highest BCUT2D eigenvalue weighted by Crippen LogP contribution is 2.39. The Balaban J connectivity index is 1.61. The van der Waals surface area contributed by atoms with E-state index >= 15 is 0 Å². The van der Waals surface area contributed by atoms with Crippen molar-refractivity contribution in [3.8, 4) is 17.0 Å². The van der Waals surface area contributed by atoms with E-state index in [0.29, 0.717) is 18.1 Å². The van der Waals surface area contributed by atoms with E-state index < -0.39 is 0 Å². The molecule has 7 heteroatoms. The summed E-state index contributed by atoms with van der Waals surface area (Å²) in [4.78, 5) is 17.8. The van der Waals surface area contributed by atoms with Crippen molar-refractivity contribution in [2.24, 2.45) is 0 Å². The molecule has 27 heavy (non-hydrogen) atoms. The Bertz CT molecular complexity index is 1090. The maximum Gasteiger partial charge on any atom is 0.256 e. The number of ether oxygens (including phenoxy) is 1. The van der Waals surface area contributed by atoms with Crippen molar-refractivity contribution < 1.29 is 9.53 Å². The molecule has 0 bridgehead atoms. The van der Waals surface area contributed by atoms with Crippen LogP contribution in [-0.4, -0.2) is 28.4 Å². The maximum absolute atomic E-state index is 12.4. The lowest BCUT2D eigenvalue weighted by atomic mass is 9.97. The third kappa shape index (κ3) is 2.67. The van der Waals surface area contributed by atoms with Crippen molar-refractivity contribution in [1.29, 1.82) is 0 Å². The Kier molecular flexibility index (Phi) is 3.68. The second-order valence-corrected chi connectivity index (χ2v) is 7.30. The Hall–Kier alpha value is -3.19. The zero-order chi connectivity index (χ0) is 18.4. The summed E-state index contributed by atoms with van der Waals surface area (Å²) in [6.45, 7) is 3.45. The van der Waals surface area contributed by atoms with Gasteiger partial charge in [0.2, 0.25) is 5.88 Å². The molecule has 0 fully saturated rings. The van der Waals surface area contributed by atoms with Gasteiger partial charge in [-0.2, -0.15) is 0 Å². The summed E-state index contributed by atoms with van der Waals surface area (Å²) in [5.74, 6) is 0.553. The third-order valence-electron chi connectivity index (χ3n) is 4.80. The number of nitrogens with zero attached hydrogens (tertiary/aromatic N) is 2. The standard InChI is InChI=1S/C20H16N4O2S/c1-11-16(10-22-20-18(11)21-6-7-26-20)12-2-3-17-14(8-12)15(19(25)24-17)9-13-4-5-23-27-13/h2-5,8-10,21H,6-7H2,1H3,(H,24,25). The summed E-state index contributed by atoms with van der Waals surface area (Å²) >= 11 is 1.37. The summed E-state index contributed by atoms with van der Waals surface area (Å²) < 4.78 is 9.72. The molecule has 1 amide bonds. The molecular weight excluding hydrogens is 360 g/mol. The molecule has 0 spiro atoms. The summed E-state index contributed by atoms with van der Waals surface area (Å²) in [7, 11) is 0. The second kappa shape index (κ2) is 6.21. The lowest BCUT2D eigenvalue weighted by Crippen LogP contribution is -2.20. The fraction of sp³-hybridized carbons (Fsp3) is 0.150. The number of hydrogen-bond acceptors (Lipinski definition) is 6. The average Bonchev–Trinajstić information content (AvgIpc) is 3.31. The number of pyridine rings is 1. The Labute approximate surface area is 160 Å². The highest BCUT2D eigenvalue weighted by atomic mass is 32.1. The van der Waals surface area contributed by atoms with Crippen LogP contribution in [0.25, 0.3) is 22.8 Å². The molecule has 2 N–H and O–H groups in total. The highest BCUT2D eigenvalue weighted by Gasteiger charge is 2.25. The number of fused-ring (bicyclic) bond motifs is 2. The van der Waals surface area contributed by atoms with Gasteiger partial charge in [-0.1, -0.05) is 6.07 Å². The first kappa shape index (κ1) is 16.0. The Morgan fingerprint density at radius 1 is 1.26 bits per heavy atom. The molecule has 1 aromatic carbocycles.